The van der Waals surface area contributed by atoms with Crippen molar-refractivity contribution in [3.8, 4) is 17.2 Å². The molecule has 5 heteroatoms. The van der Waals surface area contributed by atoms with Gasteiger partial charge in [-0.1, -0.05) is 24.3 Å². The molecule has 0 radical (unpaired) electrons. The monoisotopic (exact) mass is 351 g/mol. The minimum atomic E-state index is -0.203. The molecule has 0 spiro atoms. The highest BCUT2D eigenvalue weighted by Gasteiger charge is 2.20. The predicted octanol–water partition coefficient (Wildman–Crippen LogP) is 3.87. The Balaban J connectivity index is 2.07. The second-order valence-corrected chi connectivity index (χ2v) is 5.84. The normalized spacial score (nSPS) is 12.7. The summed E-state index contributed by atoms with van der Waals surface area (Å²) < 4.78 is 16.0. The number of benzene rings is 2. The van der Waals surface area contributed by atoms with Gasteiger partial charge in [0.2, 0.25) is 5.75 Å². The van der Waals surface area contributed by atoms with Crippen LogP contribution in [0, 0.1) is 0 Å². The molecule has 0 saturated heterocycles. The van der Waals surface area contributed by atoms with Crippen LogP contribution in [-0.4, -0.2) is 27.1 Å². The van der Waals surface area contributed by atoms with Crippen molar-refractivity contribution < 1.29 is 19.0 Å². The molecule has 5 nitrogen and oxygen atoms in total. The molecule has 2 aromatic carbocycles. The van der Waals surface area contributed by atoms with E-state index in [1.807, 2.05) is 18.2 Å². The number of ether oxygens (including phenoxy) is 3. The summed E-state index contributed by atoms with van der Waals surface area (Å²) in [5.41, 5.74) is 9.41. The lowest BCUT2D eigenvalue weighted by Crippen LogP contribution is -2.07. The Morgan fingerprint density at radius 1 is 1.00 bits per heavy atom. The van der Waals surface area contributed by atoms with Crippen LogP contribution in [0.2, 0.25) is 0 Å². The molecule has 0 aliphatic heterocycles. The zero-order chi connectivity index (χ0) is 18.7. The number of carbonyl (C=O) groups excluding carboxylic acids is 1. The van der Waals surface area contributed by atoms with Gasteiger partial charge in [-0.05, 0) is 41.8 Å². The number of nitrogens with two attached hydrogens (primary N) is 1. The summed E-state index contributed by atoms with van der Waals surface area (Å²) >= 11 is 0. The van der Waals surface area contributed by atoms with Crippen LogP contribution in [0.1, 0.15) is 27.9 Å². The van der Waals surface area contributed by atoms with Crippen molar-refractivity contribution in [2.75, 3.05) is 27.1 Å². The van der Waals surface area contributed by atoms with Crippen LogP contribution in [0.15, 0.2) is 48.6 Å². The van der Waals surface area contributed by atoms with E-state index in [4.69, 9.17) is 19.9 Å². The molecule has 0 aromatic heterocycles. The van der Waals surface area contributed by atoms with E-state index in [2.05, 4.69) is 12.2 Å². The van der Waals surface area contributed by atoms with Crippen LogP contribution in [0.5, 0.6) is 17.2 Å². The fourth-order valence-electron chi connectivity index (χ4n) is 2.97. The van der Waals surface area contributed by atoms with Crippen molar-refractivity contribution in [3.63, 3.8) is 0 Å². The Kier molecular flexibility index (Phi) is 4.98. The lowest BCUT2D eigenvalue weighted by Gasteiger charge is -2.14. The van der Waals surface area contributed by atoms with Crippen LogP contribution in [0.3, 0.4) is 0 Å². The van der Waals surface area contributed by atoms with Gasteiger partial charge in [-0.25, -0.2) is 0 Å². The first-order valence-corrected chi connectivity index (χ1v) is 8.20. The molecular weight excluding hydrogens is 330 g/mol. The number of anilines is 1. The summed E-state index contributed by atoms with van der Waals surface area (Å²) in [6.07, 6.45) is 7.13. The maximum absolute atomic E-state index is 13.1. The first kappa shape index (κ1) is 17.6. The second-order valence-electron chi connectivity index (χ2n) is 5.84. The zero-order valence-electron chi connectivity index (χ0n) is 15.0. The van der Waals surface area contributed by atoms with Crippen LogP contribution >= 0.6 is 0 Å². The maximum Gasteiger partial charge on any atom is 0.203 e. The Morgan fingerprint density at radius 2 is 1.69 bits per heavy atom. The number of hydrogen-bond donors (Lipinski definition) is 1. The molecule has 0 saturated carbocycles. The standard InChI is InChI=1S/C21H21NO4/c1-24-18-11-15(12-19(25-2)21(18)26-3)20(23)16-10-14(8-9-17(16)22)13-6-4-5-7-13/h4,6-12H,5,22H2,1-3H3. The Bertz CT molecular complexity index is 887. The Morgan fingerprint density at radius 3 is 2.23 bits per heavy atom. The molecular formula is C21H21NO4. The zero-order valence-corrected chi connectivity index (χ0v) is 15.0. The Hall–Kier alpha value is -3.21. The number of allylic oxidation sites excluding steroid dienone is 4. The first-order chi connectivity index (χ1) is 12.6. The van der Waals surface area contributed by atoms with E-state index in [1.54, 1.807) is 18.2 Å². The highest BCUT2D eigenvalue weighted by molar-refractivity contribution is 6.13. The van der Waals surface area contributed by atoms with Crippen LogP contribution in [0.25, 0.3) is 5.57 Å². The largest absolute Gasteiger partial charge is 0.493 e. The molecule has 1 aliphatic carbocycles. The number of nitrogen functional groups attached to an aromatic ring is 1. The van der Waals surface area contributed by atoms with Gasteiger partial charge in [0.1, 0.15) is 0 Å². The number of rotatable bonds is 6. The minimum Gasteiger partial charge on any atom is -0.493 e. The van der Waals surface area contributed by atoms with Crippen molar-refractivity contribution in [1.29, 1.82) is 0 Å². The maximum atomic E-state index is 13.1. The van der Waals surface area contributed by atoms with Crippen molar-refractivity contribution in [2.24, 2.45) is 0 Å². The summed E-state index contributed by atoms with van der Waals surface area (Å²) in [7, 11) is 4.55. The minimum absolute atomic E-state index is 0.203. The van der Waals surface area contributed by atoms with E-state index in [0.29, 0.717) is 34.1 Å². The summed E-state index contributed by atoms with van der Waals surface area (Å²) in [6.45, 7) is 0. The fraction of sp³-hybridized carbons (Fsp3) is 0.190. The summed E-state index contributed by atoms with van der Waals surface area (Å²) in [4.78, 5) is 13.1. The SMILES string of the molecule is COc1cc(C(=O)c2cc(C3=CCC=C3)ccc2N)cc(OC)c1OC. The van der Waals surface area contributed by atoms with E-state index in [1.165, 1.54) is 21.3 Å². The average molecular weight is 351 g/mol. The van der Waals surface area contributed by atoms with Gasteiger partial charge in [-0.15, -0.1) is 0 Å². The third-order valence-electron chi connectivity index (χ3n) is 4.33. The van der Waals surface area contributed by atoms with Crippen LogP contribution in [0.4, 0.5) is 5.69 Å². The van der Waals surface area contributed by atoms with Gasteiger partial charge in [0.05, 0.1) is 21.3 Å². The van der Waals surface area contributed by atoms with Crippen molar-refractivity contribution >= 4 is 17.0 Å². The molecule has 134 valence electrons. The van der Waals surface area contributed by atoms with Gasteiger partial charge in [0.15, 0.2) is 17.3 Å². The second kappa shape index (κ2) is 7.35. The molecule has 0 heterocycles. The van der Waals surface area contributed by atoms with E-state index < -0.39 is 0 Å². The highest BCUT2D eigenvalue weighted by atomic mass is 16.5. The smallest absolute Gasteiger partial charge is 0.203 e. The van der Waals surface area contributed by atoms with Crippen LogP contribution < -0.4 is 19.9 Å². The van der Waals surface area contributed by atoms with Gasteiger partial charge in [0, 0.05) is 16.8 Å². The van der Waals surface area contributed by atoms with E-state index in [-0.39, 0.29) is 5.78 Å². The van der Waals surface area contributed by atoms with E-state index in [0.717, 1.165) is 17.6 Å². The first-order valence-electron chi connectivity index (χ1n) is 8.20. The molecule has 0 atom stereocenters. The molecule has 0 bridgehead atoms. The average Bonchev–Trinajstić information content (AvgIpc) is 3.21. The predicted molar refractivity (Wildman–Crippen MR) is 102 cm³/mol. The number of carbonyl (C=O) groups is 1. The number of ketones is 1. The third-order valence-corrected chi connectivity index (χ3v) is 4.33. The summed E-state index contributed by atoms with van der Waals surface area (Å²) in [5, 5.41) is 0. The lowest BCUT2D eigenvalue weighted by molar-refractivity contribution is 0.103. The van der Waals surface area contributed by atoms with Crippen molar-refractivity contribution in [1.82, 2.24) is 0 Å². The molecule has 0 amide bonds. The molecule has 2 N–H and O–H groups in total. The highest BCUT2D eigenvalue weighted by Crippen LogP contribution is 2.39. The Labute approximate surface area is 152 Å². The molecule has 0 fully saturated rings. The molecule has 26 heavy (non-hydrogen) atoms. The number of hydrogen-bond acceptors (Lipinski definition) is 5. The third kappa shape index (κ3) is 3.16. The lowest BCUT2D eigenvalue weighted by atomic mass is 9.96. The van der Waals surface area contributed by atoms with Gasteiger partial charge >= 0.3 is 0 Å². The van der Waals surface area contributed by atoms with E-state index >= 15 is 0 Å². The van der Waals surface area contributed by atoms with Gasteiger partial charge in [-0.2, -0.15) is 0 Å². The van der Waals surface area contributed by atoms with Gasteiger partial charge in [0.25, 0.3) is 0 Å². The quantitative estimate of drug-likeness (QED) is 0.632. The fourth-order valence-corrected chi connectivity index (χ4v) is 2.97. The molecule has 1 aliphatic rings. The summed E-state index contributed by atoms with van der Waals surface area (Å²) in [6, 6.07) is 8.76. The topological polar surface area (TPSA) is 70.8 Å². The van der Waals surface area contributed by atoms with Crippen LogP contribution in [-0.2, 0) is 0 Å². The number of methoxy groups -OCH3 is 3. The summed E-state index contributed by atoms with van der Waals surface area (Å²) in [5.74, 6) is 1.08. The van der Waals surface area contributed by atoms with Crippen molar-refractivity contribution in [3.05, 3.63) is 65.3 Å². The van der Waals surface area contributed by atoms with Crippen molar-refractivity contribution in [2.45, 2.75) is 6.42 Å². The molecule has 3 rings (SSSR count). The molecule has 2 aromatic rings. The molecule has 0 unspecified atom stereocenters. The van der Waals surface area contributed by atoms with Gasteiger partial charge in [-0.3, -0.25) is 4.79 Å². The van der Waals surface area contributed by atoms with E-state index in [9.17, 15) is 4.79 Å². The van der Waals surface area contributed by atoms with Gasteiger partial charge < -0.3 is 19.9 Å².